The maximum absolute atomic E-state index is 6.19. The third kappa shape index (κ3) is 3.59. The van der Waals surface area contributed by atoms with Gasteiger partial charge in [-0.15, -0.1) is 0 Å². The van der Waals surface area contributed by atoms with Crippen molar-refractivity contribution in [2.75, 3.05) is 25.5 Å². The van der Waals surface area contributed by atoms with E-state index in [9.17, 15) is 0 Å². The summed E-state index contributed by atoms with van der Waals surface area (Å²) in [7, 11) is 2.17. The van der Waals surface area contributed by atoms with Gasteiger partial charge in [-0.1, -0.05) is 30.7 Å². The van der Waals surface area contributed by atoms with Gasteiger partial charge in [-0.2, -0.15) is 0 Å². The number of nitrogens with one attached hydrogen (secondary N) is 1. The number of nitrogens with zero attached hydrogens (tertiary/aromatic N) is 1. The highest BCUT2D eigenvalue weighted by Gasteiger charge is 2.23. The first-order valence-corrected chi connectivity index (χ1v) is 7.30. The summed E-state index contributed by atoms with van der Waals surface area (Å²) < 4.78 is 0. The van der Waals surface area contributed by atoms with Crippen molar-refractivity contribution in [2.24, 2.45) is 11.7 Å². The van der Waals surface area contributed by atoms with E-state index >= 15 is 0 Å². The average molecular weight is 298 g/mol. The molecule has 0 spiro atoms. The summed E-state index contributed by atoms with van der Waals surface area (Å²) in [5.74, 6) is 0.618. The molecule has 3 nitrogen and oxygen atoms in total. The Kier molecular flexibility index (Phi) is 4.66. The van der Waals surface area contributed by atoms with E-state index in [0.717, 1.165) is 30.8 Å². The number of hydrogen-bond acceptors (Lipinski definition) is 3. The van der Waals surface area contributed by atoms with E-state index in [-0.39, 0.29) is 0 Å². The van der Waals surface area contributed by atoms with E-state index < -0.39 is 0 Å². The highest BCUT2D eigenvalue weighted by atomic mass is 35.5. The zero-order valence-electron chi connectivity index (χ0n) is 11.3. The normalized spacial score (nSPS) is 24.2. The van der Waals surface area contributed by atoms with Gasteiger partial charge in [-0.05, 0) is 44.1 Å². The Balaban J connectivity index is 2.07. The lowest BCUT2D eigenvalue weighted by Gasteiger charge is -2.35. The second-order valence-electron chi connectivity index (χ2n) is 5.34. The molecule has 1 heterocycles. The van der Waals surface area contributed by atoms with Crippen LogP contribution in [-0.2, 0) is 0 Å². The average Bonchev–Trinajstić information content (AvgIpc) is 2.32. The minimum absolute atomic E-state index is 0.337. The Morgan fingerprint density at radius 3 is 2.84 bits per heavy atom. The molecule has 1 saturated heterocycles. The molecule has 3 N–H and O–H groups in total. The van der Waals surface area contributed by atoms with Crippen LogP contribution in [0.4, 0.5) is 5.69 Å². The zero-order valence-corrected chi connectivity index (χ0v) is 12.9. The molecule has 0 radical (unpaired) electrons. The molecule has 19 heavy (non-hydrogen) atoms. The van der Waals surface area contributed by atoms with Crippen LogP contribution in [-0.4, -0.2) is 36.1 Å². The van der Waals surface area contributed by atoms with Crippen LogP contribution in [0.3, 0.4) is 0 Å². The fraction of sp³-hybridized carbons (Fsp3) is 0.500. The molecule has 1 aromatic carbocycles. The first-order chi connectivity index (χ1) is 8.97. The minimum atomic E-state index is 0.337. The summed E-state index contributed by atoms with van der Waals surface area (Å²) in [6.07, 6.45) is 1.15. The lowest BCUT2D eigenvalue weighted by molar-refractivity contribution is 0.206. The Labute approximate surface area is 125 Å². The van der Waals surface area contributed by atoms with E-state index in [1.807, 2.05) is 18.2 Å². The number of thiocarbonyl (C=S) groups is 1. The molecule has 0 aromatic heterocycles. The van der Waals surface area contributed by atoms with Gasteiger partial charge < -0.3 is 16.0 Å². The van der Waals surface area contributed by atoms with Crippen molar-refractivity contribution < 1.29 is 0 Å². The largest absolute Gasteiger partial charge is 0.389 e. The Hall–Kier alpha value is -0.840. The van der Waals surface area contributed by atoms with Gasteiger partial charge in [0, 0.05) is 23.8 Å². The molecule has 0 amide bonds. The number of piperidine rings is 1. The first-order valence-electron chi connectivity index (χ1n) is 6.52. The Morgan fingerprint density at radius 1 is 1.53 bits per heavy atom. The van der Waals surface area contributed by atoms with Crippen LogP contribution in [0.25, 0.3) is 0 Å². The lowest BCUT2D eigenvalue weighted by Crippen LogP contribution is -2.43. The fourth-order valence-corrected chi connectivity index (χ4v) is 3.10. The molecule has 0 bridgehead atoms. The number of anilines is 1. The first kappa shape index (κ1) is 14.6. The highest BCUT2D eigenvalue weighted by Crippen LogP contribution is 2.24. The molecule has 0 saturated carbocycles. The molecule has 5 heteroatoms. The monoisotopic (exact) mass is 297 g/mol. The fourth-order valence-electron chi connectivity index (χ4n) is 2.59. The third-order valence-electron chi connectivity index (χ3n) is 3.69. The van der Waals surface area contributed by atoms with Crippen LogP contribution in [0.5, 0.6) is 0 Å². The molecular weight excluding hydrogens is 278 g/mol. The van der Waals surface area contributed by atoms with Gasteiger partial charge in [0.05, 0.1) is 5.02 Å². The van der Waals surface area contributed by atoms with Gasteiger partial charge >= 0.3 is 0 Å². The van der Waals surface area contributed by atoms with Crippen molar-refractivity contribution in [3.05, 3.63) is 28.8 Å². The summed E-state index contributed by atoms with van der Waals surface area (Å²) in [4.78, 5) is 2.70. The predicted molar refractivity (Wildman–Crippen MR) is 86.0 cm³/mol. The Morgan fingerprint density at radius 2 is 2.26 bits per heavy atom. The second-order valence-corrected chi connectivity index (χ2v) is 6.18. The number of rotatable bonds is 3. The maximum atomic E-state index is 6.19. The number of benzene rings is 1. The van der Waals surface area contributed by atoms with Crippen LogP contribution in [0.15, 0.2) is 18.2 Å². The van der Waals surface area contributed by atoms with E-state index in [1.54, 1.807) is 0 Å². The van der Waals surface area contributed by atoms with Crippen molar-refractivity contribution in [1.29, 1.82) is 0 Å². The lowest BCUT2D eigenvalue weighted by atomic mass is 9.94. The molecule has 1 aliphatic heterocycles. The van der Waals surface area contributed by atoms with Gasteiger partial charge in [-0.3, -0.25) is 0 Å². The van der Waals surface area contributed by atoms with Crippen molar-refractivity contribution in [2.45, 2.75) is 19.4 Å². The van der Waals surface area contributed by atoms with Crippen LogP contribution >= 0.6 is 23.8 Å². The second kappa shape index (κ2) is 6.07. The third-order valence-corrected chi connectivity index (χ3v) is 4.23. The van der Waals surface area contributed by atoms with Gasteiger partial charge in [0.25, 0.3) is 0 Å². The molecule has 2 rings (SSSR count). The van der Waals surface area contributed by atoms with Crippen LogP contribution in [0, 0.1) is 5.92 Å². The summed E-state index contributed by atoms with van der Waals surface area (Å²) in [5, 5.41) is 4.17. The summed E-state index contributed by atoms with van der Waals surface area (Å²) in [6, 6.07) is 6.27. The highest BCUT2D eigenvalue weighted by molar-refractivity contribution is 7.80. The molecule has 1 fully saturated rings. The number of likely N-dealkylation sites (tertiary alicyclic amines) is 1. The van der Waals surface area contributed by atoms with E-state index in [1.165, 1.54) is 0 Å². The summed E-state index contributed by atoms with van der Waals surface area (Å²) in [6.45, 7) is 4.52. The topological polar surface area (TPSA) is 41.3 Å². The molecule has 1 aliphatic rings. The molecule has 0 aliphatic carbocycles. The maximum Gasteiger partial charge on any atom is 0.105 e. The van der Waals surface area contributed by atoms with Crippen molar-refractivity contribution in [3.63, 3.8) is 0 Å². The van der Waals surface area contributed by atoms with Gasteiger partial charge in [0.1, 0.15) is 4.99 Å². The summed E-state index contributed by atoms with van der Waals surface area (Å²) in [5.41, 5.74) is 7.38. The number of nitrogens with two attached hydrogens (primary N) is 1. The quantitative estimate of drug-likeness (QED) is 0.842. The van der Waals surface area contributed by atoms with Crippen molar-refractivity contribution in [1.82, 2.24) is 4.90 Å². The number of halogens is 1. The van der Waals surface area contributed by atoms with Crippen LogP contribution in [0.2, 0.25) is 5.02 Å². The van der Waals surface area contributed by atoms with Gasteiger partial charge in [-0.25, -0.2) is 0 Å². The van der Waals surface area contributed by atoms with Crippen molar-refractivity contribution >= 4 is 34.5 Å². The molecule has 104 valence electrons. The van der Waals surface area contributed by atoms with E-state index in [4.69, 9.17) is 29.6 Å². The molecule has 2 unspecified atom stereocenters. The SMILES string of the molecule is CC1CN(C)CCC1Nc1ccc(C(N)=S)c(Cl)c1. The van der Waals surface area contributed by atoms with Gasteiger partial charge in [0.2, 0.25) is 0 Å². The van der Waals surface area contributed by atoms with Crippen LogP contribution < -0.4 is 11.1 Å². The van der Waals surface area contributed by atoms with E-state index in [2.05, 4.69) is 24.2 Å². The zero-order chi connectivity index (χ0) is 14.0. The molecular formula is C14H20ClN3S. The van der Waals surface area contributed by atoms with Crippen LogP contribution in [0.1, 0.15) is 18.9 Å². The standard InChI is InChI=1S/C14H20ClN3S/c1-9-8-18(2)6-5-13(9)17-10-3-4-11(14(16)19)12(15)7-10/h3-4,7,9,13,17H,5-6,8H2,1-2H3,(H2,16,19). The van der Waals surface area contributed by atoms with Crippen molar-refractivity contribution in [3.8, 4) is 0 Å². The van der Waals surface area contributed by atoms with Gasteiger partial charge in [0.15, 0.2) is 0 Å². The number of hydrogen-bond donors (Lipinski definition) is 2. The van der Waals surface area contributed by atoms with E-state index in [0.29, 0.717) is 22.0 Å². The minimum Gasteiger partial charge on any atom is -0.389 e. The Bertz CT molecular complexity index is 478. The predicted octanol–water partition coefficient (Wildman–Crippen LogP) is 2.73. The summed E-state index contributed by atoms with van der Waals surface area (Å²) >= 11 is 11.1. The smallest absolute Gasteiger partial charge is 0.105 e. The molecule has 2 atom stereocenters. The molecule has 1 aromatic rings.